The molecule has 0 saturated heterocycles. The van der Waals surface area contributed by atoms with E-state index in [9.17, 15) is 70.9 Å². The fourth-order valence-electron chi connectivity index (χ4n) is 6.77. The van der Waals surface area contributed by atoms with Crippen molar-refractivity contribution in [2.24, 2.45) is 0 Å². The third kappa shape index (κ3) is 6.90. The van der Waals surface area contributed by atoms with E-state index in [4.69, 9.17) is 0 Å². The van der Waals surface area contributed by atoms with Gasteiger partial charge in [0.2, 0.25) is 6.35 Å². The third-order valence-corrected chi connectivity index (χ3v) is 11.7. The van der Waals surface area contributed by atoms with Gasteiger partial charge in [-0.25, -0.2) is 65.9 Å². The predicted molar refractivity (Wildman–Crippen MR) is 153 cm³/mol. The van der Waals surface area contributed by atoms with Crippen LogP contribution in [0.15, 0.2) is 0 Å². The van der Waals surface area contributed by atoms with Gasteiger partial charge in [0.1, 0.15) is 34.9 Å². The fourth-order valence-corrected chi connectivity index (χ4v) is 13.5. The van der Waals surface area contributed by atoms with Crippen LogP contribution in [0.4, 0.5) is 65.9 Å². The first-order valence-electron chi connectivity index (χ1n) is 13.7. The summed E-state index contributed by atoms with van der Waals surface area (Å²) in [6.45, 7) is 21.6. The molecule has 3 aromatic carbocycles. The van der Waals surface area contributed by atoms with Crippen LogP contribution in [0.3, 0.4) is 0 Å². The van der Waals surface area contributed by atoms with E-state index >= 15 is 0 Å². The van der Waals surface area contributed by atoms with Crippen LogP contribution in [-0.4, -0.2) is 26.8 Å². The van der Waals surface area contributed by atoms with Gasteiger partial charge in [-0.15, -0.1) is 0 Å². The zero-order valence-electron chi connectivity index (χ0n) is 26.7. The molecule has 268 valence electrons. The summed E-state index contributed by atoms with van der Waals surface area (Å²) in [5, 5.41) is 12.2. The van der Waals surface area contributed by atoms with Crippen molar-refractivity contribution in [3.05, 3.63) is 87.3 Å². The molecule has 3 aromatic rings. The molecule has 0 fully saturated rings. The Hall–Kier alpha value is -2.94. The van der Waals surface area contributed by atoms with Gasteiger partial charge in [0.15, 0.2) is 52.4 Å². The highest BCUT2D eigenvalue weighted by Crippen LogP contribution is 2.66. The highest BCUT2D eigenvalue weighted by Gasteiger charge is 2.50. The lowest BCUT2D eigenvalue weighted by molar-refractivity contribution is 0.374. The van der Waals surface area contributed by atoms with Gasteiger partial charge in [-0.05, 0) is 62.3 Å². The topological polar surface area (TPSA) is 20.2 Å². The monoisotopic (exact) mass is 732 g/mol. The minimum absolute atomic E-state index is 0.391. The Morgan fingerprint density at radius 2 is 0.438 bits per heavy atom. The van der Waals surface area contributed by atoms with Crippen molar-refractivity contribution in [3.8, 4) is 0 Å². The quantitative estimate of drug-likeness (QED) is 0.0945. The predicted octanol–water partition coefficient (Wildman–Crippen LogP) is 8.33. The first-order valence-corrected chi connectivity index (χ1v) is 15.2. The van der Waals surface area contributed by atoms with Gasteiger partial charge in [-0.2, -0.15) is 0 Å². The largest absolute Gasteiger partial charge is 0.594 e. The molecule has 0 aliphatic carbocycles. The van der Waals surface area contributed by atoms with Crippen LogP contribution in [0.1, 0.15) is 62.3 Å². The Balaban J connectivity index is 0.000000521. The summed E-state index contributed by atoms with van der Waals surface area (Å²) in [6.07, 6.45) is -6.41. The standard InChI is InChI=1S/C18HBF15O.C12H27P/c20-4-1(5(21)11(27)16(32)10(4)26)19(35,2-6(22)12(28)17(33)13(29)7(2)23)3-8(24)14(30)18(34)15(31)9(3)25;1-10(2,3)13(11(4,5)6)12(7,8)9/h35H;1-9H3/q-1;/p+1. The molecule has 18 heteroatoms. The molecule has 0 bridgehead atoms. The van der Waals surface area contributed by atoms with Crippen LogP contribution in [0.25, 0.3) is 0 Å². The van der Waals surface area contributed by atoms with Gasteiger partial charge in [0.25, 0.3) is 0 Å². The Morgan fingerprint density at radius 3 is 0.542 bits per heavy atom. The molecule has 0 amide bonds. The molecule has 3 rings (SSSR count). The van der Waals surface area contributed by atoms with E-state index in [2.05, 4.69) is 62.3 Å². The maximum absolute atomic E-state index is 14.5. The van der Waals surface area contributed by atoms with Crippen LogP contribution < -0.4 is 16.4 Å². The molecule has 0 atom stereocenters. The number of benzene rings is 3. The molecule has 48 heavy (non-hydrogen) atoms. The molecule has 0 aromatic heterocycles. The van der Waals surface area contributed by atoms with Crippen molar-refractivity contribution in [2.75, 3.05) is 0 Å². The van der Waals surface area contributed by atoms with Gasteiger partial charge in [-0.3, -0.25) is 0 Å². The molecule has 0 unspecified atom stereocenters. The molecule has 1 nitrogen and oxygen atoms in total. The second-order valence-corrected chi connectivity index (χ2v) is 19.1. The first kappa shape index (κ1) is 41.2. The van der Waals surface area contributed by atoms with E-state index < -0.39 is 118 Å². The van der Waals surface area contributed by atoms with Gasteiger partial charge in [0, 0.05) is 7.92 Å². The maximum Gasteiger partial charge on any atom is 0.214 e. The first-order chi connectivity index (χ1) is 21.4. The van der Waals surface area contributed by atoms with E-state index in [0.29, 0.717) is 15.5 Å². The summed E-state index contributed by atoms with van der Waals surface area (Å²) < 4.78 is 210. The lowest BCUT2D eigenvalue weighted by Crippen LogP contribution is -2.73. The molecular weight excluding hydrogens is 703 g/mol. The average molecular weight is 732 g/mol. The Labute approximate surface area is 266 Å². The molecule has 0 spiro atoms. The van der Waals surface area contributed by atoms with E-state index in [1.165, 1.54) is 0 Å². The Bertz CT molecular complexity index is 1470. The summed E-state index contributed by atoms with van der Waals surface area (Å²) in [6, 6.07) is 0. The van der Waals surface area contributed by atoms with Gasteiger partial charge in [-0.1, -0.05) is 16.4 Å². The minimum atomic E-state index is -6.41. The van der Waals surface area contributed by atoms with Crippen molar-refractivity contribution in [1.29, 1.82) is 0 Å². The summed E-state index contributed by atoms with van der Waals surface area (Å²) in [5.41, 5.74) is -9.23. The van der Waals surface area contributed by atoms with Crippen LogP contribution in [-0.2, 0) is 0 Å². The Morgan fingerprint density at radius 1 is 0.312 bits per heavy atom. The van der Waals surface area contributed by atoms with Crippen molar-refractivity contribution >= 4 is 30.7 Å². The van der Waals surface area contributed by atoms with Crippen LogP contribution in [0, 0.1) is 87.3 Å². The number of hydrogen-bond acceptors (Lipinski definition) is 1. The third-order valence-electron chi connectivity index (χ3n) is 7.23. The van der Waals surface area contributed by atoms with Crippen molar-refractivity contribution < 1.29 is 70.9 Å². The van der Waals surface area contributed by atoms with Crippen molar-refractivity contribution in [3.63, 3.8) is 0 Å². The Kier molecular flexibility index (Phi) is 11.5. The number of hydrogen-bond donors (Lipinski definition) is 1. The molecule has 0 heterocycles. The molecular formula is C30H29BF15OP. The summed E-state index contributed by atoms with van der Waals surface area (Å²) in [5.74, 6) is -47.9. The average Bonchev–Trinajstić information content (AvgIpc) is 2.92. The van der Waals surface area contributed by atoms with E-state index in [1.54, 1.807) is 0 Å². The zero-order valence-corrected chi connectivity index (χ0v) is 27.7. The van der Waals surface area contributed by atoms with E-state index in [-0.39, 0.29) is 0 Å². The zero-order chi connectivity index (χ0) is 38.0. The fraction of sp³-hybridized carbons (Fsp3) is 0.400. The van der Waals surface area contributed by atoms with E-state index in [1.807, 2.05) is 0 Å². The van der Waals surface area contributed by atoms with E-state index in [0.717, 1.165) is 0 Å². The molecule has 0 aliphatic heterocycles. The molecule has 0 radical (unpaired) electrons. The molecule has 0 aliphatic rings. The van der Waals surface area contributed by atoms with Crippen molar-refractivity contribution in [1.82, 2.24) is 0 Å². The number of halogens is 15. The molecule has 1 N–H and O–H groups in total. The second-order valence-electron chi connectivity index (χ2n) is 13.9. The summed E-state index contributed by atoms with van der Waals surface area (Å²) >= 11 is 0. The maximum atomic E-state index is 14.5. The van der Waals surface area contributed by atoms with Crippen LogP contribution >= 0.6 is 7.92 Å². The van der Waals surface area contributed by atoms with Gasteiger partial charge in [0.05, 0.1) is 15.5 Å². The highest BCUT2D eigenvalue weighted by atomic mass is 31.1. The second kappa shape index (κ2) is 13.4. The minimum Gasteiger partial charge on any atom is -0.594 e. The lowest BCUT2D eigenvalue weighted by atomic mass is 9.28. The molecule has 0 saturated carbocycles. The van der Waals surface area contributed by atoms with Gasteiger partial charge >= 0.3 is 0 Å². The van der Waals surface area contributed by atoms with Gasteiger partial charge < -0.3 is 5.02 Å². The van der Waals surface area contributed by atoms with Crippen molar-refractivity contribution in [2.45, 2.75) is 77.8 Å². The summed E-state index contributed by atoms with van der Waals surface area (Å²) in [7, 11) is -0.391. The lowest BCUT2D eigenvalue weighted by Gasteiger charge is -2.42. The van der Waals surface area contributed by atoms with Crippen LogP contribution in [0.5, 0.6) is 0 Å². The smallest absolute Gasteiger partial charge is 0.214 e. The number of rotatable bonds is 3. The highest BCUT2D eigenvalue weighted by molar-refractivity contribution is 7.62. The summed E-state index contributed by atoms with van der Waals surface area (Å²) in [4.78, 5) is 0. The normalized spacial score (nSPS) is 12.9. The SMILES string of the molecule is CC(C)(C)[PH+](C(C)(C)C)C(C)(C)C.O[B-](c1c(F)c(F)c(F)c(F)c1F)(c1c(F)c(F)c(F)c(F)c1F)c1c(F)c(F)c(F)c(F)c1F. The van der Waals surface area contributed by atoms with Crippen LogP contribution in [0.2, 0.25) is 0 Å².